The lowest BCUT2D eigenvalue weighted by atomic mass is 9.95. The van der Waals surface area contributed by atoms with Gasteiger partial charge in [0, 0.05) is 10.6 Å². The third kappa shape index (κ3) is 4.71. The van der Waals surface area contributed by atoms with Gasteiger partial charge >= 0.3 is 5.97 Å². The molecule has 0 fully saturated rings. The van der Waals surface area contributed by atoms with E-state index in [0.29, 0.717) is 28.5 Å². The summed E-state index contributed by atoms with van der Waals surface area (Å²) >= 11 is 6.14. The first-order valence-electron chi connectivity index (χ1n) is 7.21. The number of aliphatic carboxylic acids is 1. The highest BCUT2D eigenvalue weighted by Crippen LogP contribution is 2.35. The first kappa shape index (κ1) is 17.3. The standard InChI is InChI=1S/C18H19ClO4/c1-18(2,22)14-10-15(19)13(9-17(20)21)8-16(14)23-11-12-6-4-3-5-7-12/h3-8,10,22H,9,11H2,1-2H3,(H,20,21). The molecule has 0 aliphatic carbocycles. The molecule has 0 aliphatic heterocycles. The molecule has 0 aromatic heterocycles. The highest BCUT2D eigenvalue weighted by atomic mass is 35.5. The van der Waals surface area contributed by atoms with Crippen LogP contribution in [0.1, 0.15) is 30.5 Å². The number of carboxylic acid groups (broad SMARTS) is 1. The van der Waals surface area contributed by atoms with Crippen LogP contribution in [0.25, 0.3) is 0 Å². The Kier molecular flexibility index (Phi) is 5.29. The molecule has 2 N–H and O–H groups in total. The summed E-state index contributed by atoms with van der Waals surface area (Å²) < 4.78 is 5.82. The van der Waals surface area contributed by atoms with Gasteiger partial charge in [0.25, 0.3) is 0 Å². The maximum absolute atomic E-state index is 10.9. The van der Waals surface area contributed by atoms with Crippen molar-refractivity contribution in [3.8, 4) is 5.75 Å². The maximum atomic E-state index is 10.9. The van der Waals surface area contributed by atoms with Crippen LogP contribution in [0.3, 0.4) is 0 Å². The SMILES string of the molecule is CC(C)(O)c1cc(Cl)c(CC(=O)O)cc1OCc1ccccc1. The molecule has 122 valence electrons. The Balaban J connectivity index is 2.35. The summed E-state index contributed by atoms with van der Waals surface area (Å²) in [6.45, 7) is 3.58. The third-order valence-electron chi connectivity index (χ3n) is 3.39. The van der Waals surface area contributed by atoms with Crippen molar-refractivity contribution in [1.29, 1.82) is 0 Å². The van der Waals surface area contributed by atoms with E-state index in [9.17, 15) is 9.90 Å². The van der Waals surface area contributed by atoms with Crippen LogP contribution >= 0.6 is 11.6 Å². The van der Waals surface area contributed by atoms with Crippen molar-refractivity contribution >= 4 is 17.6 Å². The Hall–Kier alpha value is -2.04. The molecule has 0 atom stereocenters. The molecule has 0 amide bonds. The van der Waals surface area contributed by atoms with E-state index in [1.54, 1.807) is 26.0 Å². The van der Waals surface area contributed by atoms with Crippen LogP contribution in [0, 0.1) is 0 Å². The van der Waals surface area contributed by atoms with Gasteiger partial charge in [-0.2, -0.15) is 0 Å². The number of benzene rings is 2. The first-order chi connectivity index (χ1) is 10.8. The van der Waals surface area contributed by atoms with Gasteiger partial charge < -0.3 is 14.9 Å². The molecule has 0 saturated carbocycles. The van der Waals surface area contributed by atoms with Crippen molar-refractivity contribution in [2.45, 2.75) is 32.5 Å². The van der Waals surface area contributed by atoms with E-state index in [2.05, 4.69) is 0 Å². The molecular weight excluding hydrogens is 316 g/mol. The van der Waals surface area contributed by atoms with Crippen molar-refractivity contribution in [2.24, 2.45) is 0 Å². The number of aliphatic hydroxyl groups is 1. The molecule has 0 unspecified atom stereocenters. The van der Waals surface area contributed by atoms with Gasteiger partial charge in [0.15, 0.2) is 0 Å². The molecule has 0 aliphatic rings. The maximum Gasteiger partial charge on any atom is 0.307 e. The van der Waals surface area contributed by atoms with Gasteiger partial charge in [0.05, 0.1) is 12.0 Å². The lowest BCUT2D eigenvalue weighted by Crippen LogP contribution is -2.18. The number of ether oxygens (including phenoxy) is 1. The molecule has 2 aromatic rings. The summed E-state index contributed by atoms with van der Waals surface area (Å²) in [5.41, 5.74) is 0.795. The molecule has 2 rings (SSSR count). The average Bonchev–Trinajstić information content (AvgIpc) is 2.47. The van der Waals surface area contributed by atoms with E-state index in [-0.39, 0.29) is 6.42 Å². The average molecular weight is 335 g/mol. The van der Waals surface area contributed by atoms with Gasteiger partial charge in [-0.15, -0.1) is 0 Å². The van der Waals surface area contributed by atoms with Crippen molar-refractivity contribution in [3.63, 3.8) is 0 Å². The second kappa shape index (κ2) is 7.02. The molecule has 5 heteroatoms. The van der Waals surface area contributed by atoms with Crippen molar-refractivity contribution in [2.75, 3.05) is 0 Å². The summed E-state index contributed by atoms with van der Waals surface area (Å²) in [6, 6.07) is 12.8. The Labute approximate surface area is 140 Å². The Morgan fingerprint density at radius 2 is 1.87 bits per heavy atom. The Bertz CT molecular complexity index is 690. The minimum atomic E-state index is -1.16. The molecule has 23 heavy (non-hydrogen) atoms. The third-order valence-corrected chi connectivity index (χ3v) is 3.74. The largest absolute Gasteiger partial charge is 0.488 e. The second-order valence-corrected chi connectivity index (χ2v) is 6.25. The van der Waals surface area contributed by atoms with Gasteiger partial charge in [-0.3, -0.25) is 4.79 Å². The van der Waals surface area contributed by atoms with Crippen molar-refractivity contribution < 1.29 is 19.7 Å². The van der Waals surface area contributed by atoms with Crippen molar-refractivity contribution in [3.05, 3.63) is 64.2 Å². The lowest BCUT2D eigenvalue weighted by molar-refractivity contribution is -0.136. The predicted molar refractivity (Wildman–Crippen MR) is 88.8 cm³/mol. The Morgan fingerprint density at radius 3 is 2.43 bits per heavy atom. The number of carboxylic acids is 1. The van der Waals surface area contributed by atoms with Gasteiger partial charge in [-0.25, -0.2) is 0 Å². The van der Waals surface area contributed by atoms with Crippen LogP contribution in [0.15, 0.2) is 42.5 Å². The van der Waals surface area contributed by atoms with E-state index in [0.717, 1.165) is 5.56 Å². The van der Waals surface area contributed by atoms with Crippen LogP contribution < -0.4 is 4.74 Å². The topological polar surface area (TPSA) is 66.8 Å². The molecule has 0 radical (unpaired) electrons. The van der Waals surface area contributed by atoms with Crippen LogP contribution in [-0.4, -0.2) is 16.2 Å². The Morgan fingerprint density at radius 1 is 1.22 bits per heavy atom. The van der Waals surface area contributed by atoms with Gasteiger partial charge in [-0.05, 0) is 37.1 Å². The summed E-state index contributed by atoms with van der Waals surface area (Å²) in [4.78, 5) is 10.9. The predicted octanol–water partition coefficient (Wildman–Crippen LogP) is 3.77. The monoisotopic (exact) mass is 334 g/mol. The first-order valence-corrected chi connectivity index (χ1v) is 7.59. The molecule has 0 saturated heterocycles. The van der Waals surface area contributed by atoms with E-state index >= 15 is 0 Å². The zero-order valence-electron chi connectivity index (χ0n) is 13.0. The summed E-state index contributed by atoms with van der Waals surface area (Å²) in [7, 11) is 0. The highest BCUT2D eigenvalue weighted by molar-refractivity contribution is 6.31. The van der Waals surface area contributed by atoms with Crippen LogP contribution in [-0.2, 0) is 23.4 Å². The number of halogens is 1. The van der Waals surface area contributed by atoms with E-state index in [1.807, 2.05) is 30.3 Å². The van der Waals surface area contributed by atoms with Crippen LogP contribution in [0.2, 0.25) is 5.02 Å². The molecule has 0 spiro atoms. The molecule has 0 bridgehead atoms. The zero-order chi connectivity index (χ0) is 17.0. The minimum Gasteiger partial charge on any atom is -0.488 e. The summed E-state index contributed by atoms with van der Waals surface area (Å²) in [5, 5.41) is 19.6. The van der Waals surface area contributed by atoms with Crippen molar-refractivity contribution in [1.82, 2.24) is 0 Å². The van der Waals surface area contributed by atoms with Gasteiger partial charge in [0.1, 0.15) is 12.4 Å². The minimum absolute atomic E-state index is 0.202. The molecule has 0 heterocycles. The molecular formula is C18H19ClO4. The fraction of sp³-hybridized carbons (Fsp3) is 0.278. The number of carbonyl (C=O) groups is 1. The van der Waals surface area contributed by atoms with Gasteiger partial charge in [-0.1, -0.05) is 41.9 Å². The lowest BCUT2D eigenvalue weighted by Gasteiger charge is -2.23. The van der Waals surface area contributed by atoms with Crippen LogP contribution in [0.4, 0.5) is 0 Å². The fourth-order valence-electron chi connectivity index (χ4n) is 2.23. The highest BCUT2D eigenvalue weighted by Gasteiger charge is 2.23. The number of rotatable bonds is 6. The second-order valence-electron chi connectivity index (χ2n) is 5.84. The molecule has 2 aromatic carbocycles. The summed E-state index contributed by atoms with van der Waals surface area (Å²) in [5.74, 6) is -0.543. The quantitative estimate of drug-likeness (QED) is 0.843. The number of hydrogen-bond acceptors (Lipinski definition) is 3. The summed E-state index contributed by atoms with van der Waals surface area (Å²) in [6.07, 6.45) is -0.202. The number of hydrogen-bond donors (Lipinski definition) is 2. The van der Waals surface area contributed by atoms with E-state index in [4.69, 9.17) is 21.4 Å². The van der Waals surface area contributed by atoms with E-state index in [1.165, 1.54) is 0 Å². The van der Waals surface area contributed by atoms with E-state index < -0.39 is 11.6 Å². The fourth-order valence-corrected chi connectivity index (χ4v) is 2.46. The normalized spacial score (nSPS) is 11.3. The zero-order valence-corrected chi connectivity index (χ0v) is 13.8. The smallest absolute Gasteiger partial charge is 0.307 e. The van der Waals surface area contributed by atoms with Crippen LogP contribution in [0.5, 0.6) is 5.75 Å². The van der Waals surface area contributed by atoms with Gasteiger partial charge in [0.2, 0.25) is 0 Å². The molecule has 4 nitrogen and oxygen atoms in total.